The number of ether oxygens (including phenoxy) is 2. The zero-order valence-corrected chi connectivity index (χ0v) is 9.04. The highest BCUT2D eigenvalue weighted by Crippen LogP contribution is 2.28. The van der Waals surface area contributed by atoms with Gasteiger partial charge in [0.25, 0.3) is 0 Å². The molecule has 1 aliphatic carbocycles. The SMILES string of the molecule is NC1(C(=O)OCC2CCOC2)CCCC1. The van der Waals surface area contributed by atoms with Gasteiger partial charge in [0.2, 0.25) is 0 Å². The molecule has 0 bridgehead atoms. The fraction of sp³-hybridized carbons (Fsp3) is 0.909. The van der Waals surface area contributed by atoms with Crippen molar-refractivity contribution < 1.29 is 14.3 Å². The zero-order valence-electron chi connectivity index (χ0n) is 9.04. The van der Waals surface area contributed by atoms with Crippen molar-refractivity contribution >= 4 is 5.97 Å². The van der Waals surface area contributed by atoms with Gasteiger partial charge in [0.1, 0.15) is 5.54 Å². The van der Waals surface area contributed by atoms with Crippen molar-refractivity contribution in [2.75, 3.05) is 19.8 Å². The minimum absolute atomic E-state index is 0.216. The number of carbonyl (C=O) groups excluding carboxylic acids is 1. The van der Waals surface area contributed by atoms with Gasteiger partial charge in [0.15, 0.2) is 0 Å². The summed E-state index contributed by atoms with van der Waals surface area (Å²) in [7, 11) is 0. The minimum atomic E-state index is -0.695. The van der Waals surface area contributed by atoms with E-state index in [0.717, 1.165) is 38.7 Å². The molecule has 2 fully saturated rings. The lowest BCUT2D eigenvalue weighted by Crippen LogP contribution is -2.46. The lowest BCUT2D eigenvalue weighted by molar-refractivity contribution is -0.151. The Kier molecular flexibility index (Phi) is 3.26. The minimum Gasteiger partial charge on any atom is -0.464 e. The molecule has 1 heterocycles. The van der Waals surface area contributed by atoms with Crippen molar-refractivity contribution in [2.45, 2.75) is 37.6 Å². The van der Waals surface area contributed by atoms with Crippen LogP contribution in [0.4, 0.5) is 0 Å². The van der Waals surface area contributed by atoms with E-state index in [-0.39, 0.29) is 5.97 Å². The fourth-order valence-corrected chi connectivity index (χ4v) is 2.26. The van der Waals surface area contributed by atoms with Gasteiger partial charge in [-0.3, -0.25) is 4.79 Å². The maximum atomic E-state index is 11.7. The number of hydrogen-bond acceptors (Lipinski definition) is 4. The second kappa shape index (κ2) is 4.49. The highest BCUT2D eigenvalue weighted by Gasteiger charge is 2.38. The van der Waals surface area contributed by atoms with Crippen molar-refractivity contribution in [1.82, 2.24) is 0 Å². The molecular formula is C11H19NO3. The predicted octanol–water partition coefficient (Wildman–Crippen LogP) is 0.838. The van der Waals surface area contributed by atoms with Crippen LogP contribution in [0.25, 0.3) is 0 Å². The first kappa shape index (κ1) is 10.9. The molecule has 86 valence electrons. The first-order valence-corrected chi connectivity index (χ1v) is 5.74. The van der Waals surface area contributed by atoms with Gasteiger partial charge in [-0.1, -0.05) is 12.8 Å². The lowest BCUT2D eigenvalue weighted by atomic mass is 10.00. The first-order chi connectivity index (χ1) is 7.21. The van der Waals surface area contributed by atoms with Crippen LogP contribution in [-0.4, -0.2) is 31.3 Å². The van der Waals surface area contributed by atoms with Crippen LogP contribution < -0.4 is 5.73 Å². The summed E-state index contributed by atoms with van der Waals surface area (Å²) in [6, 6.07) is 0. The largest absolute Gasteiger partial charge is 0.464 e. The molecule has 0 amide bonds. The number of esters is 1. The molecule has 1 atom stereocenters. The summed E-state index contributed by atoms with van der Waals surface area (Å²) in [4.78, 5) is 11.7. The van der Waals surface area contributed by atoms with Crippen LogP contribution in [0.2, 0.25) is 0 Å². The molecular weight excluding hydrogens is 194 g/mol. The molecule has 0 aromatic rings. The van der Waals surface area contributed by atoms with Crippen molar-refractivity contribution in [3.63, 3.8) is 0 Å². The standard InChI is InChI=1S/C11H19NO3/c12-11(4-1-2-5-11)10(13)15-8-9-3-6-14-7-9/h9H,1-8,12H2. The van der Waals surface area contributed by atoms with E-state index in [1.807, 2.05) is 0 Å². The molecule has 2 aliphatic rings. The second-order valence-electron chi connectivity index (χ2n) is 4.69. The summed E-state index contributed by atoms with van der Waals surface area (Å²) in [5.41, 5.74) is 5.29. The molecule has 4 nitrogen and oxygen atoms in total. The van der Waals surface area contributed by atoms with E-state index in [1.54, 1.807) is 0 Å². The smallest absolute Gasteiger partial charge is 0.326 e. The Hall–Kier alpha value is -0.610. The van der Waals surface area contributed by atoms with Crippen LogP contribution in [0.3, 0.4) is 0 Å². The maximum absolute atomic E-state index is 11.7. The van der Waals surface area contributed by atoms with E-state index in [9.17, 15) is 4.79 Å². The number of hydrogen-bond donors (Lipinski definition) is 1. The van der Waals surface area contributed by atoms with Crippen LogP contribution in [0, 0.1) is 5.92 Å². The molecule has 0 spiro atoms. The highest BCUT2D eigenvalue weighted by atomic mass is 16.5. The third-order valence-corrected chi connectivity index (χ3v) is 3.38. The summed E-state index contributed by atoms with van der Waals surface area (Å²) in [5.74, 6) is 0.158. The average molecular weight is 213 g/mol. The van der Waals surface area contributed by atoms with Gasteiger partial charge in [0, 0.05) is 12.5 Å². The second-order valence-corrected chi connectivity index (χ2v) is 4.69. The fourth-order valence-electron chi connectivity index (χ4n) is 2.26. The monoisotopic (exact) mass is 213 g/mol. The molecule has 0 radical (unpaired) electrons. The molecule has 2 rings (SSSR count). The normalized spacial score (nSPS) is 29.3. The third kappa shape index (κ3) is 2.49. The topological polar surface area (TPSA) is 61.6 Å². The van der Waals surface area contributed by atoms with Crippen LogP contribution in [0.5, 0.6) is 0 Å². The van der Waals surface area contributed by atoms with Crippen LogP contribution in [0.15, 0.2) is 0 Å². The van der Waals surface area contributed by atoms with E-state index in [1.165, 1.54) is 0 Å². The Balaban J connectivity index is 1.76. The maximum Gasteiger partial charge on any atom is 0.326 e. The van der Waals surface area contributed by atoms with E-state index in [2.05, 4.69) is 0 Å². The van der Waals surface area contributed by atoms with Crippen LogP contribution in [-0.2, 0) is 14.3 Å². The van der Waals surface area contributed by atoms with Gasteiger partial charge in [-0.2, -0.15) is 0 Å². The Morgan fingerprint density at radius 3 is 2.80 bits per heavy atom. The van der Waals surface area contributed by atoms with E-state index < -0.39 is 5.54 Å². The Morgan fingerprint density at radius 1 is 1.47 bits per heavy atom. The first-order valence-electron chi connectivity index (χ1n) is 5.74. The summed E-state index contributed by atoms with van der Waals surface area (Å²) in [6.45, 7) is 1.97. The average Bonchev–Trinajstić information content (AvgIpc) is 2.85. The van der Waals surface area contributed by atoms with E-state index in [0.29, 0.717) is 19.1 Å². The summed E-state index contributed by atoms with van der Waals surface area (Å²) in [5, 5.41) is 0. The molecule has 15 heavy (non-hydrogen) atoms. The number of rotatable bonds is 3. The van der Waals surface area contributed by atoms with Gasteiger partial charge < -0.3 is 15.2 Å². The molecule has 1 saturated heterocycles. The number of nitrogens with two attached hydrogens (primary N) is 1. The van der Waals surface area contributed by atoms with Crippen molar-refractivity contribution in [3.8, 4) is 0 Å². The van der Waals surface area contributed by atoms with Gasteiger partial charge in [0.05, 0.1) is 13.2 Å². The van der Waals surface area contributed by atoms with Gasteiger partial charge in [-0.05, 0) is 19.3 Å². The quantitative estimate of drug-likeness (QED) is 0.706. The van der Waals surface area contributed by atoms with E-state index in [4.69, 9.17) is 15.2 Å². The molecule has 4 heteroatoms. The van der Waals surface area contributed by atoms with Crippen LogP contribution in [0.1, 0.15) is 32.1 Å². The molecule has 2 N–H and O–H groups in total. The summed E-state index contributed by atoms with van der Waals surface area (Å²) < 4.78 is 10.5. The van der Waals surface area contributed by atoms with Crippen molar-refractivity contribution in [3.05, 3.63) is 0 Å². The van der Waals surface area contributed by atoms with Gasteiger partial charge in [-0.25, -0.2) is 0 Å². The van der Waals surface area contributed by atoms with Gasteiger partial charge >= 0.3 is 5.97 Å². The Morgan fingerprint density at radius 2 is 2.20 bits per heavy atom. The highest BCUT2D eigenvalue weighted by molar-refractivity contribution is 5.80. The predicted molar refractivity (Wildman–Crippen MR) is 55.3 cm³/mol. The summed E-state index contributed by atoms with van der Waals surface area (Å²) in [6.07, 6.45) is 4.61. The molecule has 1 unspecified atom stereocenters. The lowest BCUT2D eigenvalue weighted by Gasteiger charge is -2.22. The summed E-state index contributed by atoms with van der Waals surface area (Å²) >= 11 is 0. The molecule has 1 saturated carbocycles. The molecule has 0 aromatic carbocycles. The van der Waals surface area contributed by atoms with Gasteiger partial charge in [-0.15, -0.1) is 0 Å². The molecule has 1 aliphatic heterocycles. The third-order valence-electron chi connectivity index (χ3n) is 3.38. The molecule has 0 aromatic heterocycles. The number of carbonyl (C=O) groups is 1. The Bertz CT molecular complexity index is 230. The van der Waals surface area contributed by atoms with E-state index >= 15 is 0 Å². The zero-order chi connectivity index (χ0) is 10.7. The Labute approximate surface area is 90.1 Å². The van der Waals surface area contributed by atoms with Crippen molar-refractivity contribution in [2.24, 2.45) is 11.7 Å². The van der Waals surface area contributed by atoms with Crippen molar-refractivity contribution in [1.29, 1.82) is 0 Å². The van der Waals surface area contributed by atoms with Crippen LogP contribution >= 0.6 is 0 Å².